The molecular weight excluding hydrogens is 209 g/mol. The van der Waals surface area contributed by atoms with Crippen molar-refractivity contribution in [2.75, 3.05) is 6.54 Å². The Balaban J connectivity index is 2.31. The van der Waals surface area contributed by atoms with E-state index in [1.807, 2.05) is 6.92 Å². The van der Waals surface area contributed by atoms with Gasteiger partial charge in [-0.3, -0.25) is 4.79 Å². The zero-order valence-corrected chi connectivity index (χ0v) is 9.29. The molecule has 0 saturated carbocycles. The van der Waals surface area contributed by atoms with Crippen LogP contribution < -0.4 is 5.32 Å². The molecule has 88 valence electrons. The minimum atomic E-state index is -0.788. The molecule has 0 aromatic heterocycles. The van der Waals surface area contributed by atoms with Gasteiger partial charge in [-0.1, -0.05) is 6.07 Å². The highest BCUT2D eigenvalue weighted by atomic mass is 19.1. The predicted molar refractivity (Wildman–Crippen MR) is 59.7 cm³/mol. The molecule has 1 rings (SSSR count). The molecule has 2 N–H and O–H groups in total. The van der Waals surface area contributed by atoms with Crippen molar-refractivity contribution in [2.24, 2.45) is 0 Å². The number of aliphatic carboxylic acids is 1. The molecule has 0 spiro atoms. The van der Waals surface area contributed by atoms with E-state index in [9.17, 15) is 9.18 Å². The van der Waals surface area contributed by atoms with Gasteiger partial charge in [0.15, 0.2) is 0 Å². The fourth-order valence-electron chi connectivity index (χ4n) is 1.42. The van der Waals surface area contributed by atoms with Crippen LogP contribution in [0.15, 0.2) is 18.2 Å². The van der Waals surface area contributed by atoms with Crippen LogP contribution in [0, 0.1) is 12.7 Å². The number of nitrogens with one attached hydrogen (secondary N) is 1. The van der Waals surface area contributed by atoms with Crippen LogP contribution in [0.5, 0.6) is 0 Å². The van der Waals surface area contributed by atoms with E-state index in [0.717, 1.165) is 11.1 Å². The van der Waals surface area contributed by atoms with Crippen LogP contribution >= 0.6 is 0 Å². The molecule has 0 heterocycles. The third-order valence-electron chi connectivity index (χ3n) is 2.37. The highest BCUT2D eigenvalue weighted by Crippen LogP contribution is 2.09. The molecule has 1 aromatic carbocycles. The number of carboxylic acids is 1. The number of rotatable bonds is 6. The van der Waals surface area contributed by atoms with E-state index >= 15 is 0 Å². The maximum absolute atomic E-state index is 12.9. The lowest BCUT2D eigenvalue weighted by molar-refractivity contribution is -0.137. The normalized spacial score (nSPS) is 10.4. The van der Waals surface area contributed by atoms with Crippen molar-refractivity contribution < 1.29 is 14.3 Å². The van der Waals surface area contributed by atoms with Gasteiger partial charge >= 0.3 is 5.97 Å². The molecule has 0 aliphatic heterocycles. The maximum atomic E-state index is 12.9. The van der Waals surface area contributed by atoms with Crippen LogP contribution in [0.25, 0.3) is 0 Å². The van der Waals surface area contributed by atoms with Gasteiger partial charge in [-0.05, 0) is 43.1 Å². The summed E-state index contributed by atoms with van der Waals surface area (Å²) in [5.41, 5.74) is 1.95. The Kier molecular flexibility index (Phi) is 4.92. The van der Waals surface area contributed by atoms with E-state index in [1.54, 1.807) is 6.07 Å². The highest BCUT2D eigenvalue weighted by molar-refractivity contribution is 5.66. The lowest BCUT2D eigenvalue weighted by atomic mass is 10.1. The van der Waals surface area contributed by atoms with E-state index in [-0.39, 0.29) is 12.2 Å². The first kappa shape index (κ1) is 12.6. The Labute approximate surface area is 94.3 Å². The van der Waals surface area contributed by atoms with Gasteiger partial charge in [0.1, 0.15) is 5.82 Å². The van der Waals surface area contributed by atoms with Crippen molar-refractivity contribution in [1.29, 1.82) is 0 Å². The van der Waals surface area contributed by atoms with Gasteiger partial charge in [0.2, 0.25) is 0 Å². The van der Waals surface area contributed by atoms with Gasteiger partial charge in [0.25, 0.3) is 0 Å². The Hall–Kier alpha value is -1.42. The third-order valence-corrected chi connectivity index (χ3v) is 2.37. The van der Waals surface area contributed by atoms with E-state index in [0.29, 0.717) is 19.5 Å². The molecular formula is C12H16FNO2. The summed E-state index contributed by atoms with van der Waals surface area (Å²) in [6.45, 7) is 3.12. The number of carbonyl (C=O) groups is 1. The smallest absolute Gasteiger partial charge is 0.303 e. The zero-order valence-electron chi connectivity index (χ0n) is 9.29. The van der Waals surface area contributed by atoms with Crippen LogP contribution in [0.3, 0.4) is 0 Å². The van der Waals surface area contributed by atoms with Gasteiger partial charge in [-0.25, -0.2) is 4.39 Å². The summed E-state index contributed by atoms with van der Waals surface area (Å²) in [7, 11) is 0. The van der Waals surface area contributed by atoms with E-state index in [4.69, 9.17) is 5.11 Å². The zero-order chi connectivity index (χ0) is 12.0. The third kappa shape index (κ3) is 4.40. The molecule has 0 atom stereocenters. The van der Waals surface area contributed by atoms with Crippen molar-refractivity contribution in [1.82, 2.24) is 5.32 Å². The van der Waals surface area contributed by atoms with Gasteiger partial charge in [0, 0.05) is 13.0 Å². The van der Waals surface area contributed by atoms with Crippen molar-refractivity contribution in [3.8, 4) is 0 Å². The van der Waals surface area contributed by atoms with Crippen LogP contribution in [-0.4, -0.2) is 17.6 Å². The van der Waals surface area contributed by atoms with Gasteiger partial charge in [-0.2, -0.15) is 0 Å². The molecule has 0 aliphatic rings. The quantitative estimate of drug-likeness (QED) is 0.729. The summed E-state index contributed by atoms with van der Waals surface area (Å²) < 4.78 is 12.9. The molecule has 0 bridgehead atoms. The van der Waals surface area contributed by atoms with Crippen molar-refractivity contribution in [2.45, 2.75) is 26.3 Å². The molecule has 0 unspecified atom stereocenters. The average Bonchev–Trinajstić information content (AvgIpc) is 2.22. The fraction of sp³-hybridized carbons (Fsp3) is 0.417. The SMILES string of the molecule is Cc1ccc(F)cc1CNCCCC(=O)O. The van der Waals surface area contributed by atoms with Crippen LogP contribution in [0.2, 0.25) is 0 Å². The minimum absolute atomic E-state index is 0.162. The first-order chi connectivity index (χ1) is 7.59. The van der Waals surface area contributed by atoms with Crippen LogP contribution in [0.4, 0.5) is 4.39 Å². The molecule has 16 heavy (non-hydrogen) atoms. The lowest BCUT2D eigenvalue weighted by Gasteiger charge is -2.07. The van der Waals surface area contributed by atoms with Crippen molar-refractivity contribution in [3.05, 3.63) is 35.1 Å². The predicted octanol–water partition coefficient (Wildman–Crippen LogP) is 2.09. The van der Waals surface area contributed by atoms with Gasteiger partial charge < -0.3 is 10.4 Å². The average molecular weight is 225 g/mol. The Morgan fingerprint density at radius 3 is 2.94 bits per heavy atom. The van der Waals surface area contributed by atoms with Crippen molar-refractivity contribution in [3.63, 3.8) is 0 Å². The number of halogens is 1. The molecule has 1 aromatic rings. The molecule has 0 fully saturated rings. The largest absolute Gasteiger partial charge is 0.481 e. The first-order valence-electron chi connectivity index (χ1n) is 5.27. The number of benzene rings is 1. The number of hydrogen-bond donors (Lipinski definition) is 2. The standard InChI is InChI=1S/C12H16FNO2/c1-9-4-5-11(13)7-10(9)8-14-6-2-3-12(15)16/h4-5,7,14H,2-3,6,8H2,1H3,(H,15,16). The van der Waals surface area contributed by atoms with Crippen LogP contribution in [-0.2, 0) is 11.3 Å². The first-order valence-corrected chi connectivity index (χ1v) is 5.27. The summed E-state index contributed by atoms with van der Waals surface area (Å²) in [5, 5.41) is 11.5. The van der Waals surface area contributed by atoms with Crippen molar-refractivity contribution >= 4 is 5.97 Å². The number of hydrogen-bond acceptors (Lipinski definition) is 2. The monoisotopic (exact) mass is 225 g/mol. The molecule has 0 radical (unpaired) electrons. The maximum Gasteiger partial charge on any atom is 0.303 e. The van der Waals surface area contributed by atoms with E-state index in [2.05, 4.69) is 5.32 Å². The highest BCUT2D eigenvalue weighted by Gasteiger charge is 2.00. The van der Waals surface area contributed by atoms with E-state index < -0.39 is 5.97 Å². The summed E-state index contributed by atoms with van der Waals surface area (Å²) in [5.74, 6) is -1.03. The number of carboxylic acid groups (broad SMARTS) is 1. The van der Waals surface area contributed by atoms with Crippen LogP contribution in [0.1, 0.15) is 24.0 Å². The molecule has 0 amide bonds. The second-order valence-electron chi connectivity index (χ2n) is 3.74. The summed E-state index contributed by atoms with van der Waals surface area (Å²) >= 11 is 0. The topological polar surface area (TPSA) is 49.3 Å². The summed E-state index contributed by atoms with van der Waals surface area (Å²) in [6.07, 6.45) is 0.749. The van der Waals surface area contributed by atoms with Gasteiger partial charge in [-0.15, -0.1) is 0 Å². The second kappa shape index (κ2) is 6.23. The second-order valence-corrected chi connectivity index (χ2v) is 3.74. The Morgan fingerprint density at radius 1 is 1.50 bits per heavy atom. The fourth-order valence-corrected chi connectivity index (χ4v) is 1.42. The molecule has 0 saturated heterocycles. The lowest BCUT2D eigenvalue weighted by Crippen LogP contribution is -2.16. The summed E-state index contributed by atoms with van der Waals surface area (Å²) in [6, 6.07) is 4.67. The molecule has 0 aliphatic carbocycles. The minimum Gasteiger partial charge on any atom is -0.481 e. The Morgan fingerprint density at radius 2 is 2.25 bits per heavy atom. The number of aryl methyl sites for hydroxylation is 1. The molecule has 3 nitrogen and oxygen atoms in total. The van der Waals surface area contributed by atoms with E-state index in [1.165, 1.54) is 12.1 Å². The summed E-state index contributed by atoms with van der Waals surface area (Å²) in [4.78, 5) is 10.3. The Bertz CT molecular complexity index is 366. The van der Waals surface area contributed by atoms with Gasteiger partial charge in [0.05, 0.1) is 0 Å². The molecule has 4 heteroatoms.